The van der Waals surface area contributed by atoms with Gasteiger partial charge in [-0.1, -0.05) is 0 Å². The molecule has 0 fully saturated rings. The van der Waals surface area contributed by atoms with Gasteiger partial charge in [0, 0.05) is 25.8 Å². The number of hydrogen-bond donors (Lipinski definition) is 2. The number of anilines is 2. The molecule has 7 nitrogen and oxygen atoms in total. The van der Waals surface area contributed by atoms with Crippen LogP contribution in [0.2, 0.25) is 0 Å². The Bertz CT molecular complexity index is 913. The first-order valence-corrected chi connectivity index (χ1v) is 6.95. The van der Waals surface area contributed by atoms with Crippen LogP contribution < -0.4 is 22.3 Å². The van der Waals surface area contributed by atoms with E-state index in [4.69, 9.17) is 5.73 Å². The minimum absolute atomic E-state index is 0.0357. The molecule has 0 aliphatic carbocycles. The van der Waals surface area contributed by atoms with Crippen molar-refractivity contribution in [3.8, 4) is 0 Å². The number of halogens is 2. The van der Waals surface area contributed by atoms with Crippen LogP contribution in [-0.4, -0.2) is 21.0 Å². The minimum Gasteiger partial charge on any atom is -0.384 e. The SMILES string of the molecule is C[C@@H](Nc1cc(F)cc(F)c1)C(=O)c1c(N)n(C)c(=O)n(C)c1=O. The lowest BCUT2D eigenvalue weighted by Gasteiger charge is -2.17. The van der Waals surface area contributed by atoms with Crippen LogP contribution in [0.1, 0.15) is 17.3 Å². The topological polar surface area (TPSA) is 99.1 Å². The van der Waals surface area contributed by atoms with Crippen LogP contribution in [-0.2, 0) is 14.1 Å². The maximum Gasteiger partial charge on any atom is 0.332 e. The van der Waals surface area contributed by atoms with Crippen molar-refractivity contribution in [1.29, 1.82) is 0 Å². The highest BCUT2D eigenvalue weighted by molar-refractivity contribution is 6.04. The van der Waals surface area contributed by atoms with E-state index in [0.29, 0.717) is 6.07 Å². The van der Waals surface area contributed by atoms with E-state index in [2.05, 4.69) is 5.32 Å². The summed E-state index contributed by atoms with van der Waals surface area (Å²) >= 11 is 0. The summed E-state index contributed by atoms with van der Waals surface area (Å²) in [6.07, 6.45) is 0. The van der Waals surface area contributed by atoms with Crippen LogP contribution in [0.15, 0.2) is 27.8 Å². The Morgan fingerprint density at radius 1 is 1.12 bits per heavy atom. The maximum atomic E-state index is 13.2. The zero-order chi connectivity index (χ0) is 18.2. The number of carbonyl (C=O) groups excluding carboxylic acids is 1. The summed E-state index contributed by atoms with van der Waals surface area (Å²) in [5.74, 6) is -2.59. The van der Waals surface area contributed by atoms with Gasteiger partial charge in [0.2, 0.25) is 0 Å². The van der Waals surface area contributed by atoms with Gasteiger partial charge in [0.15, 0.2) is 5.78 Å². The quantitative estimate of drug-likeness (QED) is 0.797. The van der Waals surface area contributed by atoms with Gasteiger partial charge >= 0.3 is 5.69 Å². The van der Waals surface area contributed by atoms with Gasteiger partial charge in [0.05, 0.1) is 6.04 Å². The van der Waals surface area contributed by atoms with Crippen molar-refractivity contribution in [3.05, 3.63) is 56.2 Å². The van der Waals surface area contributed by atoms with Crippen LogP contribution in [0.3, 0.4) is 0 Å². The Labute approximate surface area is 135 Å². The van der Waals surface area contributed by atoms with E-state index in [1.807, 2.05) is 0 Å². The predicted octanol–water partition coefficient (Wildman–Crippen LogP) is 0.628. The molecule has 0 aliphatic heterocycles. The number of ketones is 1. The minimum atomic E-state index is -1.00. The summed E-state index contributed by atoms with van der Waals surface area (Å²) in [6.45, 7) is 1.41. The molecule has 3 N–H and O–H groups in total. The first-order valence-electron chi connectivity index (χ1n) is 6.95. The summed E-state index contributed by atoms with van der Waals surface area (Å²) in [5, 5.41) is 2.61. The third-order valence-corrected chi connectivity index (χ3v) is 3.60. The number of benzene rings is 1. The van der Waals surface area contributed by atoms with E-state index in [0.717, 1.165) is 21.3 Å². The molecule has 128 valence electrons. The fourth-order valence-corrected chi connectivity index (χ4v) is 2.26. The van der Waals surface area contributed by atoms with Crippen molar-refractivity contribution in [2.75, 3.05) is 11.1 Å². The lowest BCUT2D eigenvalue weighted by Crippen LogP contribution is -2.43. The molecule has 0 saturated carbocycles. The Balaban J connectivity index is 2.42. The second-order valence-corrected chi connectivity index (χ2v) is 5.35. The van der Waals surface area contributed by atoms with Gasteiger partial charge < -0.3 is 11.1 Å². The van der Waals surface area contributed by atoms with Gasteiger partial charge in [-0.25, -0.2) is 13.6 Å². The number of rotatable bonds is 4. The molecule has 0 spiro atoms. The van der Waals surface area contributed by atoms with E-state index in [9.17, 15) is 23.2 Å². The van der Waals surface area contributed by atoms with E-state index in [1.165, 1.54) is 21.0 Å². The van der Waals surface area contributed by atoms with E-state index < -0.39 is 34.7 Å². The normalized spacial score (nSPS) is 12.0. The molecule has 9 heteroatoms. The van der Waals surface area contributed by atoms with Crippen LogP contribution in [0, 0.1) is 11.6 Å². The number of Topliss-reactive ketones (excluding diaryl/α,β-unsaturated/α-hetero) is 1. The summed E-state index contributed by atoms with van der Waals surface area (Å²) in [6, 6.07) is 1.71. The van der Waals surface area contributed by atoms with Crippen molar-refractivity contribution >= 4 is 17.3 Å². The molecular weight excluding hydrogens is 322 g/mol. The first kappa shape index (κ1) is 17.4. The predicted molar refractivity (Wildman–Crippen MR) is 85.1 cm³/mol. The molecule has 0 saturated heterocycles. The van der Waals surface area contributed by atoms with Crippen LogP contribution in [0.4, 0.5) is 20.3 Å². The zero-order valence-corrected chi connectivity index (χ0v) is 13.3. The molecule has 0 radical (unpaired) electrons. The third-order valence-electron chi connectivity index (χ3n) is 3.60. The molecule has 0 unspecified atom stereocenters. The number of hydrogen-bond acceptors (Lipinski definition) is 5. The molecule has 2 aromatic rings. The summed E-state index contributed by atoms with van der Waals surface area (Å²) in [4.78, 5) is 36.4. The fourth-order valence-electron chi connectivity index (χ4n) is 2.26. The molecule has 1 heterocycles. The van der Waals surface area contributed by atoms with Crippen molar-refractivity contribution in [2.45, 2.75) is 13.0 Å². The fraction of sp³-hybridized carbons (Fsp3) is 0.267. The number of carbonyl (C=O) groups is 1. The molecule has 0 amide bonds. The molecule has 1 aromatic carbocycles. The van der Waals surface area contributed by atoms with Gasteiger partial charge in [0.1, 0.15) is 23.0 Å². The van der Waals surface area contributed by atoms with E-state index >= 15 is 0 Å². The number of aromatic nitrogens is 2. The number of nitrogen functional groups attached to an aromatic ring is 1. The van der Waals surface area contributed by atoms with Crippen LogP contribution >= 0.6 is 0 Å². The third kappa shape index (κ3) is 3.05. The molecule has 1 atom stereocenters. The Morgan fingerprint density at radius 2 is 1.67 bits per heavy atom. The average Bonchev–Trinajstić information content (AvgIpc) is 2.50. The Hall–Kier alpha value is -2.97. The second kappa shape index (κ2) is 6.26. The number of nitrogens with one attached hydrogen (secondary N) is 1. The van der Waals surface area contributed by atoms with Crippen LogP contribution in [0.25, 0.3) is 0 Å². The summed E-state index contributed by atoms with van der Waals surface area (Å²) < 4.78 is 28.1. The van der Waals surface area contributed by atoms with Crippen molar-refractivity contribution < 1.29 is 13.6 Å². The second-order valence-electron chi connectivity index (χ2n) is 5.35. The smallest absolute Gasteiger partial charge is 0.332 e. The molecular formula is C15H16F2N4O3. The van der Waals surface area contributed by atoms with Crippen molar-refractivity contribution in [3.63, 3.8) is 0 Å². The van der Waals surface area contributed by atoms with Gasteiger partial charge in [-0.2, -0.15) is 0 Å². The summed E-state index contributed by atoms with van der Waals surface area (Å²) in [5.41, 5.74) is 3.89. The highest BCUT2D eigenvalue weighted by Crippen LogP contribution is 2.16. The standard InChI is InChI=1S/C15H16F2N4O3/c1-7(19-10-5-8(16)4-9(17)6-10)12(22)11-13(18)20(2)15(24)21(3)14(11)23/h4-7,19H,18H2,1-3H3/t7-/m1/s1. The van der Waals surface area contributed by atoms with Gasteiger partial charge in [-0.05, 0) is 19.1 Å². The van der Waals surface area contributed by atoms with Gasteiger partial charge in [-0.3, -0.25) is 18.7 Å². The molecule has 0 aliphatic rings. The maximum absolute atomic E-state index is 13.2. The van der Waals surface area contributed by atoms with Crippen LogP contribution in [0.5, 0.6) is 0 Å². The Morgan fingerprint density at radius 3 is 2.21 bits per heavy atom. The highest BCUT2D eigenvalue weighted by atomic mass is 19.1. The molecule has 1 aromatic heterocycles. The first-order chi connectivity index (χ1) is 11.1. The Kier molecular flexibility index (Phi) is 4.54. The number of nitrogens with zero attached hydrogens (tertiary/aromatic N) is 2. The van der Waals surface area contributed by atoms with Crippen molar-refractivity contribution in [2.24, 2.45) is 14.1 Å². The van der Waals surface area contributed by atoms with E-state index in [1.54, 1.807) is 0 Å². The summed E-state index contributed by atoms with van der Waals surface area (Å²) in [7, 11) is 2.55. The average molecular weight is 338 g/mol. The van der Waals surface area contributed by atoms with Gasteiger partial charge in [0.25, 0.3) is 5.56 Å². The van der Waals surface area contributed by atoms with Gasteiger partial charge in [-0.15, -0.1) is 0 Å². The molecule has 2 rings (SSSR count). The van der Waals surface area contributed by atoms with Crippen molar-refractivity contribution in [1.82, 2.24) is 9.13 Å². The lowest BCUT2D eigenvalue weighted by molar-refractivity contribution is 0.0973. The molecule has 24 heavy (non-hydrogen) atoms. The monoisotopic (exact) mass is 338 g/mol. The zero-order valence-electron chi connectivity index (χ0n) is 13.3. The largest absolute Gasteiger partial charge is 0.384 e. The number of nitrogens with two attached hydrogens (primary N) is 1. The lowest BCUT2D eigenvalue weighted by atomic mass is 10.1. The highest BCUT2D eigenvalue weighted by Gasteiger charge is 2.24. The molecule has 0 bridgehead atoms. The van der Waals surface area contributed by atoms with E-state index in [-0.39, 0.29) is 17.1 Å².